The average molecular weight is 359 g/mol. The SMILES string of the molecule is C=CCSc1ccccc1NS(=O)(=O)c1ccc(F)c(F)c1F. The van der Waals surface area contributed by atoms with Crippen LogP contribution in [0.4, 0.5) is 18.9 Å². The quantitative estimate of drug-likeness (QED) is 0.478. The van der Waals surface area contributed by atoms with Crippen molar-refractivity contribution in [3.05, 3.63) is 66.5 Å². The third-order valence-electron chi connectivity index (χ3n) is 2.78. The van der Waals surface area contributed by atoms with E-state index in [1.54, 1.807) is 24.3 Å². The van der Waals surface area contributed by atoms with Crippen LogP contribution in [0.2, 0.25) is 0 Å². The third-order valence-corrected chi connectivity index (χ3v) is 5.23. The molecule has 0 bridgehead atoms. The Morgan fingerprint density at radius 2 is 1.78 bits per heavy atom. The maximum absolute atomic E-state index is 13.7. The summed E-state index contributed by atoms with van der Waals surface area (Å²) in [7, 11) is -4.40. The summed E-state index contributed by atoms with van der Waals surface area (Å²) >= 11 is 1.32. The van der Waals surface area contributed by atoms with E-state index < -0.39 is 32.4 Å². The van der Waals surface area contributed by atoms with Crippen molar-refractivity contribution in [2.24, 2.45) is 0 Å². The molecule has 8 heteroatoms. The number of rotatable bonds is 6. The van der Waals surface area contributed by atoms with Gasteiger partial charge in [-0.1, -0.05) is 18.2 Å². The highest BCUT2D eigenvalue weighted by Gasteiger charge is 2.24. The van der Waals surface area contributed by atoms with E-state index in [0.29, 0.717) is 22.8 Å². The number of hydrogen-bond donors (Lipinski definition) is 1. The molecular weight excluding hydrogens is 347 g/mol. The molecule has 0 saturated carbocycles. The highest BCUT2D eigenvalue weighted by molar-refractivity contribution is 7.99. The third kappa shape index (κ3) is 3.89. The molecule has 23 heavy (non-hydrogen) atoms. The Labute approximate surface area is 136 Å². The van der Waals surface area contributed by atoms with Gasteiger partial charge in [-0.05, 0) is 24.3 Å². The molecule has 0 heterocycles. The van der Waals surface area contributed by atoms with Crippen LogP contribution in [0.15, 0.2) is 58.8 Å². The van der Waals surface area contributed by atoms with Crippen molar-refractivity contribution in [3.8, 4) is 0 Å². The fourth-order valence-electron chi connectivity index (χ4n) is 1.74. The summed E-state index contributed by atoms with van der Waals surface area (Å²) in [5.41, 5.74) is 0.212. The van der Waals surface area contributed by atoms with Crippen molar-refractivity contribution in [2.75, 3.05) is 10.5 Å². The summed E-state index contributed by atoms with van der Waals surface area (Å²) < 4.78 is 66.6. The van der Waals surface area contributed by atoms with E-state index in [-0.39, 0.29) is 5.69 Å². The minimum atomic E-state index is -4.40. The van der Waals surface area contributed by atoms with Gasteiger partial charge in [-0.2, -0.15) is 0 Å². The number of benzene rings is 2. The molecule has 0 radical (unpaired) electrons. The number of thioether (sulfide) groups is 1. The molecule has 0 aliphatic carbocycles. The predicted octanol–water partition coefficient (Wildman–Crippen LogP) is 4.18. The Kier molecular flexibility index (Phi) is 5.38. The largest absolute Gasteiger partial charge is 0.278 e. The molecule has 0 saturated heterocycles. The Hall–Kier alpha value is -1.93. The van der Waals surface area contributed by atoms with Crippen molar-refractivity contribution in [2.45, 2.75) is 9.79 Å². The van der Waals surface area contributed by atoms with E-state index in [1.165, 1.54) is 17.8 Å². The molecule has 0 fully saturated rings. The molecule has 0 aromatic heterocycles. The van der Waals surface area contributed by atoms with Gasteiger partial charge in [0.15, 0.2) is 17.5 Å². The molecule has 0 aliphatic rings. The molecule has 1 N–H and O–H groups in total. The number of anilines is 1. The van der Waals surface area contributed by atoms with Gasteiger partial charge in [-0.15, -0.1) is 18.3 Å². The van der Waals surface area contributed by atoms with Crippen LogP contribution in [0, 0.1) is 17.5 Å². The molecule has 3 nitrogen and oxygen atoms in total. The van der Waals surface area contributed by atoms with Crippen molar-refractivity contribution in [3.63, 3.8) is 0 Å². The minimum absolute atomic E-state index is 0.212. The van der Waals surface area contributed by atoms with Crippen LogP contribution in [0.25, 0.3) is 0 Å². The summed E-state index contributed by atoms with van der Waals surface area (Å²) in [6, 6.07) is 7.70. The summed E-state index contributed by atoms with van der Waals surface area (Å²) in [5.74, 6) is -4.50. The van der Waals surface area contributed by atoms with Gasteiger partial charge in [-0.25, -0.2) is 21.6 Å². The first-order chi connectivity index (χ1) is 10.9. The highest BCUT2D eigenvalue weighted by Crippen LogP contribution is 2.30. The maximum atomic E-state index is 13.7. The lowest BCUT2D eigenvalue weighted by molar-refractivity contribution is 0.432. The Morgan fingerprint density at radius 1 is 1.09 bits per heavy atom. The number of nitrogens with one attached hydrogen (secondary N) is 1. The first-order valence-electron chi connectivity index (χ1n) is 6.36. The number of para-hydroxylation sites is 1. The van der Waals surface area contributed by atoms with Crippen LogP contribution in [-0.4, -0.2) is 14.2 Å². The lowest BCUT2D eigenvalue weighted by Crippen LogP contribution is -2.16. The fraction of sp³-hybridized carbons (Fsp3) is 0.0667. The van der Waals surface area contributed by atoms with Gasteiger partial charge < -0.3 is 0 Å². The topological polar surface area (TPSA) is 46.2 Å². The Balaban J connectivity index is 2.40. The second kappa shape index (κ2) is 7.10. The van der Waals surface area contributed by atoms with Gasteiger partial charge >= 0.3 is 0 Å². The maximum Gasteiger partial charge on any atom is 0.264 e. The van der Waals surface area contributed by atoms with E-state index in [4.69, 9.17) is 0 Å². The van der Waals surface area contributed by atoms with Gasteiger partial charge in [-0.3, -0.25) is 4.72 Å². The van der Waals surface area contributed by atoms with Gasteiger partial charge in [0.1, 0.15) is 4.90 Å². The van der Waals surface area contributed by atoms with E-state index in [0.717, 1.165) is 0 Å². The van der Waals surface area contributed by atoms with Crippen molar-refractivity contribution in [1.82, 2.24) is 0 Å². The van der Waals surface area contributed by atoms with Gasteiger partial charge in [0.25, 0.3) is 10.0 Å². The predicted molar refractivity (Wildman–Crippen MR) is 84.5 cm³/mol. The summed E-state index contributed by atoms with van der Waals surface area (Å²) in [4.78, 5) is -0.362. The van der Waals surface area contributed by atoms with Crippen molar-refractivity contribution in [1.29, 1.82) is 0 Å². The molecule has 0 aliphatic heterocycles. The van der Waals surface area contributed by atoms with Crippen LogP contribution >= 0.6 is 11.8 Å². The van der Waals surface area contributed by atoms with Crippen LogP contribution in [-0.2, 0) is 10.0 Å². The Bertz CT molecular complexity index is 839. The molecule has 2 aromatic rings. The average Bonchev–Trinajstić information content (AvgIpc) is 2.51. The first-order valence-corrected chi connectivity index (χ1v) is 8.82. The van der Waals surface area contributed by atoms with Gasteiger partial charge in [0.05, 0.1) is 5.69 Å². The number of sulfonamides is 1. The van der Waals surface area contributed by atoms with E-state index in [2.05, 4.69) is 11.3 Å². The lowest BCUT2D eigenvalue weighted by atomic mass is 10.3. The minimum Gasteiger partial charge on any atom is -0.278 e. The molecular formula is C15H12F3NO2S2. The summed E-state index contributed by atoms with van der Waals surface area (Å²) in [6.45, 7) is 3.57. The van der Waals surface area contributed by atoms with Crippen molar-refractivity contribution >= 4 is 27.5 Å². The second-order valence-corrected chi connectivity index (χ2v) is 7.09. The van der Waals surface area contributed by atoms with E-state index in [1.807, 2.05) is 0 Å². The van der Waals surface area contributed by atoms with Gasteiger partial charge in [0.2, 0.25) is 0 Å². The Morgan fingerprint density at radius 3 is 2.48 bits per heavy atom. The molecule has 2 rings (SSSR count). The zero-order chi connectivity index (χ0) is 17.0. The highest BCUT2D eigenvalue weighted by atomic mass is 32.2. The number of halogens is 3. The number of hydrogen-bond acceptors (Lipinski definition) is 3. The van der Waals surface area contributed by atoms with E-state index in [9.17, 15) is 21.6 Å². The zero-order valence-corrected chi connectivity index (χ0v) is 13.4. The van der Waals surface area contributed by atoms with Gasteiger partial charge in [0, 0.05) is 10.6 Å². The normalized spacial score (nSPS) is 11.3. The molecule has 0 atom stereocenters. The standard InChI is InChI=1S/C15H12F3NO2S2/c1-2-9-22-12-6-4-3-5-11(12)19-23(20,21)13-8-7-10(16)14(17)15(13)18/h2-8,19H,1,9H2. The molecule has 122 valence electrons. The lowest BCUT2D eigenvalue weighted by Gasteiger charge is -2.12. The van der Waals surface area contributed by atoms with Crippen LogP contribution in [0.1, 0.15) is 0 Å². The van der Waals surface area contributed by atoms with Crippen LogP contribution < -0.4 is 4.72 Å². The van der Waals surface area contributed by atoms with Crippen molar-refractivity contribution < 1.29 is 21.6 Å². The smallest absolute Gasteiger partial charge is 0.264 e. The second-order valence-electron chi connectivity index (χ2n) is 4.37. The first kappa shape index (κ1) is 17.4. The summed E-state index contributed by atoms with van der Waals surface area (Å²) in [6.07, 6.45) is 1.64. The summed E-state index contributed by atoms with van der Waals surface area (Å²) in [5, 5.41) is 0. The zero-order valence-electron chi connectivity index (χ0n) is 11.7. The van der Waals surface area contributed by atoms with Crippen LogP contribution in [0.3, 0.4) is 0 Å². The molecule has 2 aromatic carbocycles. The monoisotopic (exact) mass is 359 g/mol. The molecule has 0 spiro atoms. The fourth-order valence-corrected chi connectivity index (χ4v) is 3.70. The molecule has 0 amide bonds. The van der Waals surface area contributed by atoms with E-state index >= 15 is 0 Å². The van der Waals surface area contributed by atoms with Crippen LogP contribution in [0.5, 0.6) is 0 Å². The molecule has 0 unspecified atom stereocenters.